The third kappa shape index (κ3) is 9.17. The standard InChI is InChI=1S/C9H15N2O4/c1-2-11(7-9(14)15)5-3-4-10-6-8(12)13/h10H,1-3,5-7H2,(H,12,13)(H,14,15). The predicted octanol–water partition coefficient (Wildman–Crippen LogP) is -0.690. The van der Waals surface area contributed by atoms with Crippen LogP contribution in [0.15, 0.2) is 0 Å². The molecule has 3 N–H and O–H groups in total. The number of rotatable bonds is 9. The monoisotopic (exact) mass is 215 g/mol. The predicted molar refractivity (Wildman–Crippen MR) is 52.9 cm³/mol. The Hall–Kier alpha value is -1.14. The largest absolute Gasteiger partial charge is 0.480 e. The van der Waals surface area contributed by atoms with Crippen molar-refractivity contribution in [2.45, 2.75) is 6.42 Å². The minimum Gasteiger partial charge on any atom is -0.480 e. The van der Waals surface area contributed by atoms with E-state index >= 15 is 0 Å². The Kier molecular flexibility index (Phi) is 7.57. The zero-order valence-electron chi connectivity index (χ0n) is 8.40. The molecule has 0 aromatic heterocycles. The maximum absolute atomic E-state index is 10.4. The van der Waals surface area contributed by atoms with E-state index in [4.69, 9.17) is 10.2 Å². The number of aliphatic carboxylic acids is 2. The second kappa shape index (κ2) is 8.19. The molecule has 6 heteroatoms. The second-order valence-electron chi connectivity index (χ2n) is 2.84. The van der Waals surface area contributed by atoms with Crippen LogP contribution in [0.5, 0.6) is 0 Å². The number of carboxylic acid groups (broad SMARTS) is 2. The van der Waals surface area contributed by atoms with Gasteiger partial charge in [0, 0.05) is 6.54 Å². The summed E-state index contributed by atoms with van der Waals surface area (Å²) < 4.78 is 0. The lowest BCUT2D eigenvalue weighted by Gasteiger charge is -2.17. The fourth-order valence-corrected chi connectivity index (χ4v) is 0.902. The molecule has 0 aliphatic rings. The first-order chi connectivity index (χ1) is 7.06. The van der Waals surface area contributed by atoms with Crippen LogP contribution in [-0.2, 0) is 9.59 Å². The fourth-order valence-electron chi connectivity index (χ4n) is 0.902. The summed E-state index contributed by atoms with van der Waals surface area (Å²) in [5, 5.41) is 19.3. The first kappa shape index (κ1) is 13.9. The molecule has 0 bridgehead atoms. The summed E-state index contributed by atoms with van der Waals surface area (Å²) in [6.07, 6.45) is 0.454. The van der Waals surface area contributed by atoms with Gasteiger partial charge in [0.05, 0.1) is 19.6 Å². The molecule has 15 heavy (non-hydrogen) atoms. The van der Waals surface area contributed by atoms with Gasteiger partial charge in [0.25, 0.3) is 0 Å². The molecule has 0 aromatic rings. The van der Waals surface area contributed by atoms with Gasteiger partial charge in [0.15, 0.2) is 0 Å². The Morgan fingerprint density at radius 3 is 2.47 bits per heavy atom. The lowest BCUT2D eigenvalue weighted by atomic mass is 10.3. The Morgan fingerprint density at radius 1 is 1.33 bits per heavy atom. The van der Waals surface area contributed by atoms with Crippen molar-refractivity contribution in [1.29, 1.82) is 0 Å². The van der Waals surface area contributed by atoms with Crippen molar-refractivity contribution < 1.29 is 19.8 Å². The summed E-state index contributed by atoms with van der Waals surface area (Å²) >= 11 is 0. The van der Waals surface area contributed by atoms with Gasteiger partial charge in [-0.2, -0.15) is 0 Å². The molecular weight excluding hydrogens is 200 g/mol. The van der Waals surface area contributed by atoms with E-state index in [2.05, 4.69) is 18.8 Å². The Morgan fingerprint density at radius 2 is 2.00 bits per heavy atom. The Bertz CT molecular complexity index is 208. The van der Waals surface area contributed by atoms with E-state index in [-0.39, 0.29) is 13.1 Å². The highest BCUT2D eigenvalue weighted by atomic mass is 16.4. The first-order valence-electron chi connectivity index (χ1n) is 4.47. The molecule has 3 radical (unpaired) electrons. The van der Waals surface area contributed by atoms with E-state index < -0.39 is 11.9 Å². The van der Waals surface area contributed by atoms with Crippen molar-refractivity contribution in [2.75, 3.05) is 26.2 Å². The highest BCUT2D eigenvalue weighted by molar-refractivity contribution is 5.69. The van der Waals surface area contributed by atoms with E-state index in [0.717, 1.165) is 0 Å². The van der Waals surface area contributed by atoms with E-state index in [1.165, 1.54) is 0 Å². The summed E-state index contributed by atoms with van der Waals surface area (Å²) in [6.45, 7) is 6.89. The summed E-state index contributed by atoms with van der Waals surface area (Å²) in [5.41, 5.74) is 0. The molecule has 0 atom stereocenters. The van der Waals surface area contributed by atoms with Crippen LogP contribution in [0, 0.1) is 13.5 Å². The average molecular weight is 215 g/mol. The molecule has 0 aliphatic carbocycles. The number of hydrogen-bond acceptors (Lipinski definition) is 4. The van der Waals surface area contributed by atoms with Crippen molar-refractivity contribution >= 4 is 11.9 Å². The smallest absolute Gasteiger partial charge is 0.317 e. The molecule has 0 amide bonds. The normalized spacial score (nSPS) is 10.5. The van der Waals surface area contributed by atoms with Crippen LogP contribution < -0.4 is 5.32 Å². The molecule has 0 saturated carbocycles. The van der Waals surface area contributed by atoms with Crippen molar-refractivity contribution in [2.24, 2.45) is 0 Å². The van der Waals surface area contributed by atoms with E-state index in [9.17, 15) is 9.59 Å². The summed E-state index contributed by atoms with van der Waals surface area (Å²) in [7, 11) is 0. The van der Waals surface area contributed by atoms with Crippen molar-refractivity contribution in [1.82, 2.24) is 10.2 Å². The van der Waals surface area contributed by atoms with Gasteiger partial charge >= 0.3 is 11.9 Å². The summed E-state index contributed by atoms with van der Waals surface area (Å²) in [4.78, 5) is 22.1. The second-order valence-corrected chi connectivity index (χ2v) is 2.84. The number of carbonyl (C=O) groups is 2. The van der Waals surface area contributed by atoms with Crippen LogP contribution in [0.25, 0.3) is 0 Å². The van der Waals surface area contributed by atoms with Crippen LogP contribution in [0.3, 0.4) is 0 Å². The molecule has 0 fully saturated rings. The Labute approximate surface area is 88.9 Å². The number of hydrogen-bond donors (Lipinski definition) is 3. The molecule has 0 saturated heterocycles. The van der Waals surface area contributed by atoms with E-state index in [1.807, 2.05) is 0 Å². The van der Waals surface area contributed by atoms with Gasteiger partial charge in [-0.05, 0) is 19.9 Å². The zero-order chi connectivity index (χ0) is 11.7. The van der Waals surface area contributed by atoms with Gasteiger partial charge in [-0.25, -0.2) is 0 Å². The topological polar surface area (TPSA) is 89.9 Å². The zero-order valence-corrected chi connectivity index (χ0v) is 8.40. The van der Waals surface area contributed by atoms with Gasteiger partial charge in [0.2, 0.25) is 0 Å². The molecule has 6 nitrogen and oxygen atoms in total. The van der Waals surface area contributed by atoms with Crippen LogP contribution in [-0.4, -0.2) is 53.2 Å². The third-order valence-corrected chi connectivity index (χ3v) is 1.59. The lowest BCUT2D eigenvalue weighted by molar-refractivity contribution is -0.138. The molecule has 0 heterocycles. The molecule has 0 rings (SSSR count). The maximum atomic E-state index is 10.4. The van der Waals surface area contributed by atoms with Crippen molar-refractivity contribution in [3.63, 3.8) is 0 Å². The van der Waals surface area contributed by atoms with Gasteiger partial charge < -0.3 is 10.2 Å². The van der Waals surface area contributed by atoms with Gasteiger partial charge in [-0.3, -0.25) is 19.8 Å². The maximum Gasteiger partial charge on any atom is 0.317 e. The van der Waals surface area contributed by atoms with Gasteiger partial charge in [-0.15, -0.1) is 0 Å². The minimum absolute atomic E-state index is 0.0654. The highest BCUT2D eigenvalue weighted by Gasteiger charge is 2.06. The summed E-state index contributed by atoms with van der Waals surface area (Å²) in [6, 6.07) is 0. The number of carboxylic acids is 2. The molecule has 0 aliphatic heterocycles. The van der Waals surface area contributed by atoms with Crippen LogP contribution in [0.2, 0.25) is 0 Å². The van der Waals surface area contributed by atoms with Crippen LogP contribution >= 0.6 is 0 Å². The molecule has 0 spiro atoms. The van der Waals surface area contributed by atoms with Gasteiger partial charge in [-0.1, -0.05) is 0 Å². The van der Waals surface area contributed by atoms with E-state index in [0.29, 0.717) is 19.5 Å². The molecule has 0 unspecified atom stereocenters. The first-order valence-corrected chi connectivity index (χ1v) is 4.47. The van der Waals surface area contributed by atoms with Crippen LogP contribution in [0.1, 0.15) is 6.42 Å². The highest BCUT2D eigenvalue weighted by Crippen LogP contribution is 1.92. The third-order valence-electron chi connectivity index (χ3n) is 1.59. The van der Waals surface area contributed by atoms with E-state index in [1.54, 1.807) is 4.90 Å². The van der Waals surface area contributed by atoms with Gasteiger partial charge in [0.1, 0.15) is 0 Å². The number of nitrogens with one attached hydrogen (secondary N) is 1. The SMILES string of the molecule is [CH2]CN(CC[C]NCC(=O)O)CC(=O)O. The lowest BCUT2D eigenvalue weighted by Crippen LogP contribution is -2.31. The molecular formula is C9H15N2O4. The molecule has 0 aromatic carbocycles. The van der Waals surface area contributed by atoms with Crippen molar-refractivity contribution in [3.05, 3.63) is 13.5 Å². The average Bonchev–Trinajstić information content (AvgIpc) is 2.14. The summed E-state index contributed by atoms with van der Waals surface area (Å²) in [5.74, 6) is -1.86. The minimum atomic E-state index is -0.956. The molecule has 85 valence electrons. The van der Waals surface area contributed by atoms with Crippen LogP contribution in [0.4, 0.5) is 0 Å². The quantitative estimate of drug-likeness (QED) is 0.348. The Balaban J connectivity index is 3.46. The fraction of sp³-hybridized carbons (Fsp3) is 0.556. The van der Waals surface area contributed by atoms with Crippen molar-refractivity contribution in [3.8, 4) is 0 Å². The number of nitrogens with zero attached hydrogens (tertiary/aromatic N) is 1.